The zero-order valence-corrected chi connectivity index (χ0v) is 17.5. The summed E-state index contributed by atoms with van der Waals surface area (Å²) in [5.74, 6) is 0.511. The standard InChI is InChI=1S/C25H23N3O3/c1-3-31-22-9-7-21(8-10-22)28(25(30)18-11-13-26-14-12-18)16-20-15-19-6-4-5-17(2)23(19)27-24(20)29/h4-15H,3,16H2,1-2H3,(H,27,29). The average molecular weight is 413 g/mol. The number of aromatic amines is 1. The minimum atomic E-state index is -0.213. The maximum atomic E-state index is 13.3. The zero-order chi connectivity index (χ0) is 21.8. The molecule has 1 amide bonds. The molecule has 0 radical (unpaired) electrons. The van der Waals surface area contributed by atoms with Gasteiger partial charge in [0.2, 0.25) is 0 Å². The average Bonchev–Trinajstić information content (AvgIpc) is 2.79. The third-order valence-corrected chi connectivity index (χ3v) is 5.13. The number of para-hydroxylation sites is 1. The summed E-state index contributed by atoms with van der Waals surface area (Å²) >= 11 is 0. The van der Waals surface area contributed by atoms with Crippen molar-refractivity contribution in [1.29, 1.82) is 0 Å². The van der Waals surface area contributed by atoms with E-state index in [9.17, 15) is 9.59 Å². The number of aryl methyl sites for hydroxylation is 1. The number of pyridine rings is 2. The van der Waals surface area contributed by atoms with Gasteiger partial charge in [-0.15, -0.1) is 0 Å². The van der Waals surface area contributed by atoms with E-state index in [1.165, 1.54) is 0 Å². The number of amides is 1. The summed E-state index contributed by atoms with van der Waals surface area (Å²) in [5.41, 5.74) is 3.28. The van der Waals surface area contributed by atoms with Crippen molar-refractivity contribution in [2.45, 2.75) is 20.4 Å². The number of hydrogen-bond acceptors (Lipinski definition) is 4. The van der Waals surface area contributed by atoms with Crippen LogP contribution in [0.25, 0.3) is 10.9 Å². The van der Waals surface area contributed by atoms with Gasteiger partial charge in [-0.05, 0) is 67.3 Å². The van der Waals surface area contributed by atoms with E-state index in [0.717, 1.165) is 22.2 Å². The Morgan fingerprint density at radius 3 is 2.52 bits per heavy atom. The Bertz CT molecular complexity index is 1260. The highest BCUT2D eigenvalue weighted by Gasteiger charge is 2.20. The first-order valence-corrected chi connectivity index (χ1v) is 10.1. The quantitative estimate of drug-likeness (QED) is 0.506. The molecule has 2 aromatic carbocycles. The number of aromatic nitrogens is 2. The van der Waals surface area contributed by atoms with Crippen LogP contribution in [0.3, 0.4) is 0 Å². The first-order valence-electron chi connectivity index (χ1n) is 10.1. The number of benzene rings is 2. The summed E-state index contributed by atoms with van der Waals surface area (Å²) in [7, 11) is 0. The maximum Gasteiger partial charge on any atom is 0.258 e. The number of carbonyl (C=O) groups excluding carboxylic acids is 1. The van der Waals surface area contributed by atoms with Gasteiger partial charge in [-0.3, -0.25) is 14.6 Å². The number of nitrogens with one attached hydrogen (secondary N) is 1. The van der Waals surface area contributed by atoms with Crippen LogP contribution in [0.4, 0.5) is 5.69 Å². The number of ether oxygens (including phenoxy) is 1. The van der Waals surface area contributed by atoms with Crippen molar-refractivity contribution in [3.63, 3.8) is 0 Å². The van der Waals surface area contributed by atoms with Crippen molar-refractivity contribution < 1.29 is 9.53 Å². The number of carbonyl (C=O) groups is 1. The van der Waals surface area contributed by atoms with Gasteiger partial charge >= 0.3 is 0 Å². The minimum Gasteiger partial charge on any atom is -0.494 e. The Labute approximate surface area is 180 Å². The number of anilines is 1. The van der Waals surface area contributed by atoms with Gasteiger partial charge in [0.1, 0.15) is 5.75 Å². The highest BCUT2D eigenvalue weighted by atomic mass is 16.5. The number of nitrogens with zero attached hydrogens (tertiary/aromatic N) is 2. The lowest BCUT2D eigenvalue weighted by Gasteiger charge is -2.23. The van der Waals surface area contributed by atoms with Gasteiger partial charge in [0.05, 0.1) is 18.7 Å². The van der Waals surface area contributed by atoms with E-state index in [4.69, 9.17) is 4.74 Å². The molecule has 0 spiro atoms. The lowest BCUT2D eigenvalue weighted by Crippen LogP contribution is -2.33. The van der Waals surface area contributed by atoms with E-state index in [2.05, 4.69) is 9.97 Å². The molecule has 0 unspecified atom stereocenters. The molecule has 156 valence electrons. The molecular weight excluding hydrogens is 390 g/mol. The van der Waals surface area contributed by atoms with Gasteiger partial charge in [-0.25, -0.2) is 0 Å². The van der Waals surface area contributed by atoms with Gasteiger partial charge in [-0.1, -0.05) is 18.2 Å². The second-order valence-corrected chi connectivity index (χ2v) is 7.22. The number of fused-ring (bicyclic) bond motifs is 1. The molecule has 0 saturated carbocycles. The topological polar surface area (TPSA) is 75.3 Å². The highest BCUT2D eigenvalue weighted by molar-refractivity contribution is 6.06. The van der Waals surface area contributed by atoms with E-state index in [-0.39, 0.29) is 18.0 Å². The predicted molar refractivity (Wildman–Crippen MR) is 122 cm³/mol. The third-order valence-electron chi connectivity index (χ3n) is 5.13. The van der Waals surface area contributed by atoms with E-state index in [1.807, 2.05) is 62.4 Å². The van der Waals surface area contributed by atoms with Crippen LogP contribution in [0.15, 0.2) is 77.9 Å². The molecule has 0 aliphatic heterocycles. The van der Waals surface area contributed by atoms with Crippen molar-refractivity contribution in [2.75, 3.05) is 11.5 Å². The summed E-state index contributed by atoms with van der Waals surface area (Å²) in [5, 5.41) is 0.928. The summed E-state index contributed by atoms with van der Waals surface area (Å²) < 4.78 is 5.52. The molecular formula is C25H23N3O3. The lowest BCUT2D eigenvalue weighted by atomic mass is 10.1. The van der Waals surface area contributed by atoms with E-state index in [1.54, 1.807) is 29.4 Å². The highest BCUT2D eigenvalue weighted by Crippen LogP contribution is 2.24. The summed E-state index contributed by atoms with van der Waals surface area (Å²) in [4.78, 5) is 34.7. The monoisotopic (exact) mass is 413 g/mol. The summed E-state index contributed by atoms with van der Waals surface area (Å²) in [6, 6.07) is 18.3. The summed E-state index contributed by atoms with van der Waals surface area (Å²) in [6.07, 6.45) is 3.16. The van der Waals surface area contributed by atoms with Crippen LogP contribution in [-0.4, -0.2) is 22.5 Å². The van der Waals surface area contributed by atoms with Crippen LogP contribution in [0.5, 0.6) is 5.75 Å². The van der Waals surface area contributed by atoms with Crippen LogP contribution in [-0.2, 0) is 6.54 Å². The van der Waals surface area contributed by atoms with Crippen LogP contribution < -0.4 is 15.2 Å². The first-order chi connectivity index (χ1) is 15.1. The third kappa shape index (κ3) is 4.33. The van der Waals surface area contributed by atoms with Crippen LogP contribution in [0.2, 0.25) is 0 Å². The summed E-state index contributed by atoms with van der Waals surface area (Å²) in [6.45, 7) is 4.57. The van der Waals surface area contributed by atoms with Crippen molar-refractivity contribution in [1.82, 2.24) is 9.97 Å². The molecule has 6 nitrogen and oxygen atoms in total. The van der Waals surface area contributed by atoms with Gasteiger partial charge in [0.15, 0.2) is 0 Å². The smallest absolute Gasteiger partial charge is 0.258 e. The SMILES string of the molecule is CCOc1ccc(N(Cc2cc3cccc(C)c3[nH]c2=O)C(=O)c2ccncc2)cc1. The molecule has 0 bridgehead atoms. The normalized spacial score (nSPS) is 10.8. The molecule has 6 heteroatoms. The molecule has 0 saturated heterocycles. The lowest BCUT2D eigenvalue weighted by molar-refractivity contribution is 0.0985. The Balaban J connectivity index is 1.76. The Kier molecular flexibility index (Phi) is 5.80. The van der Waals surface area contributed by atoms with Crippen LogP contribution >= 0.6 is 0 Å². The molecule has 2 heterocycles. The van der Waals surface area contributed by atoms with E-state index < -0.39 is 0 Å². The number of H-pyrrole nitrogens is 1. The van der Waals surface area contributed by atoms with Crippen molar-refractivity contribution in [3.8, 4) is 5.75 Å². The molecule has 0 atom stereocenters. The fourth-order valence-electron chi connectivity index (χ4n) is 3.54. The molecule has 31 heavy (non-hydrogen) atoms. The Morgan fingerprint density at radius 2 is 1.81 bits per heavy atom. The molecule has 2 aromatic heterocycles. The molecule has 0 aliphatic carbocycles. The predicted octanol–water partition coefficient (Wildman–Crippen LogP) is 4.48. The molecule has 1 N–H and O–H groups in total. The fraction of sp³-hybridized carbons (Fsp3) is 0.160. The van der Waals surface area contributed by atoms with Gasteiger partial charge < -0.3 is 14.6 Å². The molecule has 0 fully saturated rings. The fourth-order valence-corrected chi connectivity index (χ4v) is 3.54. The maximum absolute atomic E-state index is 13.3. The van der Waals surface area contributed by atoms with Gasteiger partial charge in [0.25, 0.3) is 11.5 Å². The van der Waals surface area contributed by atoms with Crippen molar-refractivity contribution >= 4 is 22.5 Å². The minimum absolute atomic E-state index is 0.133. The molecule has 0 aliphatic rings. The zero-order valence-electron chi connectivity index (χ0n) is 17.5. The van der Waals surface area contributed by atoms with Crippen LogP contribution in [0.1, 0.15) is 28.4 Å². The van der Waals surface area contributed by atoms with Gasteiger partial charge in [-0.2, -0.15) is 0 Å². The first kappa shape index (κ1) is 20.3. The van der Waals surface area contributed by atoms with Crippen molar-refractivity contribution in [2.24, 2.45) is 0 Å². The van der Waals surface area contributed by atoms with Crippen LogP contribution in [0, 0.1) is 6.92 Å². The second kappa shape index (κ2) is 8.83. The van der Waals surface area contributed by atoms with Gasteiger partial charge in [0, 0.05) is 29.2 Å². The largest absolute Gasteiger partial charge is 0.494 e. The second-order valence-electron chi connectivity index (χ2n) is 7.22. The number of rotatable bonds is 6. The number of hydrogen-bond donors (Lipinski definition) is 1. The van der Waals surface area contributed by atoms with E-state index >= 15 is 0 Å². The molecule has 4 rings (SSSR count). The molecule has 4 aromatic rings. The van der Waals surface area contributed by atoms with E-state index in [0.29, 0.717) is 23.4 Å². The Hall–Kier alpha value is -3.93. The van der Waals surface area contributed by atoms with Crippen molar-refractivity contribution in [3.05, 3.63) is 100 Å². The Morgan fingerprint density at radius 1 is 1.06 bits per heavy atom.